The topological polar surface area (TPSA) is 58.6 Å². The smallest absolute Gasteiger partial charge is 0.356 e. The molecule has 0 unspecified atom stereocenters. The molecule has 2 fully saturated rings. The first-order valence-electron chi connectivity index (χ1n) is 11.4. The van der Waals surface area contributed by atoms with E-state index in [1.54, 1.807) is 6.07 Å². The summed E-state index contributed by atoms with van der Waals surface area (Å²) >= 11 is 0. The Bertz CT molecular complexity index is 1050. The predicted octanol–water partition coefficient (Wildman–Crippen LogP) is 4.31. The van der Waals surface area contributed by atoms with Gasteiger partial charge < -0.3 is 15.0 Å². The van der Waals surface area contributed by atoms with Crippen molar-refractivity contribution in [3.63, 3.8) is 0 Å². The lowest BCUT2D eigenvalue weighted by atomic mass is 9.62. The maximum atomic E-state index is 14.4. The number of ether oxygens (including phenoxy) is 1. The summed E-state index contributed by atoms with van der Waals surface area (Å²) in [5, 5.41) is 2.95. The quantitative estimate of drug-likeness (QED) is 0.719. The molecular weight excluding hydrogens is 445 g/mol. The van der Waals surface area contributed by atoms with Gasteiger partial charge in [-0.1, -0.05) is 54.6 Å². The molecule has 2 aliphatic rings. The van der Waals surface area contributed by atoms with E-state index in [0.717, 1.165) is 18.2 Å². The molecule has 2 aromatic rings. The van der Waals surface area contributed by atoms with Gasteiger partial charge in [-0.05, 0) is 36.3 Å². The van der Waals surface area contributed by atoms with Gasteiger partial charge in [-0.25, -0.2) is 0 Å². The van der Waals surface area contributed by atoms with Crippen LogP contribution in [-0.4, -0.2) is 49.6 Å². The van der Waals surface area contributed by atoms with Gasteiger partial charge in [0, 0.05) is 44.6 Å². The van der Waals surface area contributed by atoms with Gasteiger partial charge in [0.15, 0.2) is 0 Å². The van der Waals surface area contributed by atoms with Gasteiger partial charge in [-0.15, -0.1) is 0 Å². The minimum absolute atomic E-state index is 0.0348. The van der Waals surface area contributed by atoms with Crippen LogP contribution in [0.1, 0.15) is 41.9 Å². The van der Waals surface area contributed by atoms with Crippen molar-refractivity contribution in [3.8, 4) is 0 Å². The summed E-state index contributed by atoms with van der Waals surface area (Å²) in [6.45, 7) is 2.76. The molecule has 2 saturated heterocycles. The molecule has 1 N–H and O–H groups in total. The van der Waals surface area contributed by atoms with E-state index >= 15 is 0 Å². The van der Waals surface area contributed by atoms with Gasteiger partial charge in [0.1, 0.15) is 0 Å². The highest BCUT2D eigenvalue weighted by Crippen LogP contribution is 2.51. The van der Waals surface area contributed by atoms with Crippen molar-refractivity contribution < 1.29 is 27.5 Å². The average Bonchev–Trinajstić information content (AvgIpc) is 2.81. The Morgan fingerprint density at radius 2 is 1.68 bits per heavy atom. The molecule has 4 rings (SSSR count). The Hall–Kier alpha value is -2.87. The number of nitrogens with one attached hydrogen (secondary N) is 1. The summed E-state index contributed by atoms with van der Waals surface area (Å²) in [4.78, 5) is 27.1. The number of aryl methyl sites for hydroxylation is 1. The third-order valence-corrected chi connectivity index (χ3v) is 7.55. The van der Waals surface area contributed by atoms with Gasteiger partial charge in [-0.3, -0.25) is 9.59 Å². The molecule has 182 valence electrons. The van der Waals surface area contributed by atoms with Crippen molar-refractivity contribution in [2.45, 2.75) is 43.9 Å². The van der Waals surface area contributed by atoms with E-state index in [9.17, 15) is 22.8 Å². The normalized spacial score (nSPS) is 22.2. The van der Waals surface area contributed by atoms with Crippen LogP contribution in [0.5, 0.6) is 0 Å². The van der Waals surface area contributed by atoms with Crippen LogP contribution in [0.3, 0.4) is 0 Å². The average molecular weight is 475 g/mol. The van der Waals surface area contributed by atoms with E-state index in [1.807, 2.05) is 31.2 Å². The number of alkyl halides is 3. The fourth-order valence-electron chi connectivity index (χ4n) is 5.66. The standard InChI is InChI=1S/C26H29F3N2O3/c1-18-8-6-7-11-20(18)21-17-30-22(32)16-24(21)12-14-31(15-13-24)23(33)25(34-2,26(27,28)29)19-9-4-3-5-10-19/h3-11,21H,12-17H2,1-2H3,(H,30,32)/t21-,25-/m1/s1. The first kappa shape index (κ1) is 24.3. The Labute approximate surface area is 197 Å². The van der Waals surface area contributed by atoms with E-state index in [1.165, 1.54) is 29.2 Å². The second-order valence-electron chi connectivity index (χ2n) is 9.29. The highest BCUT2D eigenvalue weighted by molar-refractivity contribution is 5.88. The number of amides is 2. The molecule has 2 atom stereocenters. The first-order chi connectivity index (χ1) is 16.1. The number of benzene rings is 2. The van der Waals surface area contributed by atoms with Gasteiger partial charge in [0.2, 0.25) is 5.91 Å². The van der Waals surface area contributed by atoms with Crippen molar-refractivity contribution in [2.75, 3.05) is 26.7 Å². The zero-order valence-corrected chi connectivity index (χ0v) is 19.3. The molecule has 34 heavy (non-hydrogen) atoms. The number of methoxy groups -OCH3 is 1. The van der Waals surface area contributed by atoms with Crippen molar-refractivity contribution in [1.29, 1.82) is 0 Å². The zero-order chi connectivity index (χ0) is 24.6. The third kappa shape index (κ3) is 3.98. The monoisotopic (exact) mass is 474 g/mol. The molecule has 0 saturated carbocycles. The molecule has 1 spiro atoms. The number of halogens is 3. The van der Waals surface area contributed by atoms with E-state index in [2.05, 4.69) is 5.32 Å². The largest absolute Gasteiger partial charge is 0.430 e. The van der Waals surface area contributed by atoms with Crippen LogP contribution in [0, 0.1) is 12.3 Å². The Balaban J connectivity index is 1.63. The minimum atomic E-state index is -4.94. The summed E-state index contributed by atoms with van der Waals surface area (Å²) in [7, 11) is 0.920. The van der Waals surface area contributed by atoms with Crippen LogP contribution in [0.25, 0.3) is 0 Å². The second-order valence-corrected chi connectivity index (χ2v) is 9.29. The van der Waals surface area contributed by atoms with Gasteiger partial charge >= 0.3 is 6.18 Å². The summed E-state index contributed by atoms with van der Waals surface area (Å²) in [6.07, 6.45) is -3.76. The molecular formula is C26H29F3N2O3. The number of piperidine rings is 2. The van der Waals surface area contributed by atoms with Crippen molar-refractivity contribution >= 4 is 11.8 Å². The molecule has 2 aromatic carbocycles. The van der Waals surface area contributed by atoms with E-state index in [0.29, 0.717) is 25.8 Å². The summed E-state index contributed by atoms with van der Waals surface area (Å²) in [5.74, 6) is -1.14. The lowest BCUT2D eigenvalue weighted by Crippen LogP contribution is -2.60. The van der Waals surface area contributed by atoms with Crippen molar-refractivity contribution in [3.05, 3.63) is 71.3 Å². The van der Waals surface area contributed by atoms with Crippen molar-refractivity contribution in [1.82, 2.24) is 10.2 Å². The SMILES string of the molecule is CO[C@@](C(=O)N1CCC2(CC1)CC(=O)NC[C@@H]2c1ccccc1C)(c1ccccc1)C(F)(F)F. The lowest BCUT2D eigenvalue weighted by molar-refractivity contribution is -0.271. The Morgan fingerprint density at radius 3 is 2.26 bits per heavy atom. The molecule has 8 heteroatoms. The minimum Gasteiger partial charge on any atom is -0.356 e. The predicted molar refractivity (Wildman–Crippen MR) is 121 cm³/mol. The molecule has 0 radical (unpaired) electrons. The fraction of sp³-hybridized carbons (Fsp3) is 0.462. The molecule has 0 bridgehead atoms. The highest BCUT2D eigenvalue weighted by Gasteiger charge is 2.64. The van der Waals surface area contributed by atoms with Gasteiger partial charge in [0.05, 0.1) is 0 Å². The second kappa shape index (κ2) is 9.06. The van der Waals surface area contributed by atoms with Crippen LogP contribution < -0.4 is 5.32 Å². The number of carbonyl (C=O) groups is 2. The fourth-order valence-corrected chi connectivity index (χ4v) is 5.66. The molecule has 2 heterocycles. The van der Waals surface area contributed by atoms with Crippen LogP contribution >= 0.6 is 0 Å². The number of likely N-dealkylation sites (tertiary alicyclic amines) is 1. The van der Waals surface area contributed by atoms with Crippen LogP contribution in [0.4, 0.5) is 13.2 Å². The molecule has 0 aromatic heterocycles. The van der Waals surface area contributed by atoms with Crippen LogP contribution in [-0.2, 0) is 19.9 Å². The Morgan fingerprint density at radius 1 is 1.06 bits per heavy atom. The highest BCUT2D eigenvalue weighted by atomic mass is 19.4. The van der Waals surface area contributed by atoms with Gasteiger partial charge in [-0.2, -0.15) is 13.2 Å². The number of nitrogens with zero attached hydrogens (tertiary/aromatic N) is 1. The maximum Gasteiger partial charge on any atom is 0.430 e. The third-order valence-electron chi connectivity index (χ3n) is 7.55. The summed E-state index contributed by atoms with van der Waals surface area (Å²) in [5.41, 5.74) is -1.48. The van der Waals surface area contributed by atoms with Crippen LogP contribution in [0.15, 0.2) is 54.6 Å². The summed E-state index contributed by atoms with van der Waals surface area (Å²) < 4.78 is 48.1. The summed E-state index contributed by atoms with van der Waals surface area (Å²) in [6, 6.07) is 15.0. The van der Waals surface area contributed by atoms with Gasteiger partial charge in [0.25, 0.3) is 11.5 Å². The molecule has 2 amide bonds. The van der Waals surface area contributed by atoms with Crippen molar-refractivity contribution in [2.24, 2.45) is 5.41 Å². The lowest BCUT2D eigenvalue weighted by Gasteiger charge is -2.50. The number of rotatable bonds is 4. The number of hydrogen-bond donors (Lipinski definition) is 1. The molecule has 0 aliphatic carbocycles. The van der Waals surface area contributed by atoms with Crippen LogP contribution in [0.2, 0.25) is 0 Å². The number of carbonyl (C=O) groups excluding carboxylic acids is 2. The molecule has 2 aliphatic heterocycles. The Kier molecular flexibility index (Phi) is 6.46. The van der Waals surface area contributed by atoms with E-state index in [-0.39, 0.29) is 30.5 Å². The van der Waals surface area contributed by atoms with E-state index < -0.39 is 23.1 Å². The molecule has 5 nitrogen and oxygen atoms in total. The number of hydrogen-bond acceptors (Lipinski definition) is 3. The maximum absolute atomic E-state index is 14.4. The first-order valence-corrected chi connectivity index (χ1v) is 11.4. The zero-order valence-electron chi connectivity index (χ0n) is 19.3. The van der Waals surface area contributed by atoms with E-state index in [4.69, 9.17) is 4.74 Å².